The zero-order chi connectivity index (χ0) is 15.1. The first-order valence-electron chi connectivity index (χ1n) is 7.72. The Balaban J connectivity index is 1.59. The average Bonchev–Trinajstić information content (AvgIpc) is 2.87. The molecule has 0 amide bonds. The van der Waals surface area contributed by atoms with Crippen molar-refractivity contribution < 1.29 is 0 Å². The molecule has 2 nitrogen and oxygen atoms in total. The number of rotatable bonds is 2. The number of allylic oxidation sites excluding steroid dienone is 1. The highest BCUT2D eigenvalue weighted by molar-refractivity contribution is 8.00. The zero-order valence-electron chi connectivity index (χ0n) is 12.9. The summed E-state index contributed by atoms with van der Waals surface area (Å²) in [5, 5.41) is 0.503. The van der Waals surface area contributed by atoms with Crippen LogP contribution in [0.4, 0.5) is 11.4 Å². The number of anilines is 2. The third kappa shape index (κ3) is 2.20. The van der Waals surface area contributed by atoms with Gasteiger partial charge in [0.15, 0.2) is 0 Å². The number of nitrogens with zero attached hydrogens (tertiary/aromatic N) is 2. The van der Waals surface area contributed by atoms with E-state index in [1.807, 2.05) is 11.8 Å². The van der Waals surface area contributed by atoms with Crippen molar-refractivity contribution in [3.63, 3.8) is 0 Å². The summed E-state index contributed by atoms with van der Waals surface area (Å²) in [6.07, 6.45) is 5.69. The zero-order valence-corrected chi connectivity index (χ0v) is 13.8. The van der Waals surface area contributed by atoms with E-state index in [9.17, 15) is 0 Å². The van der Waals surface area contributed by atoms with E-state index in [0.717, 1.165) is 6.42 Å². The lowest BCUT2D eigenvalue weighted by Gasteiger charge is -2.31. The van der Waals surface area contributed by atoms with Crippen LogP contribution in [0.15, 0.2) is 65.7 Å². The largest absolute Gasteiger partial charge is 0.361 e. The van der Waals surface area contributed by atoms with Crippen molar-refractivity contribution in [2.45, 2.75) is 22.6 Å². The summed E-state index contributed by atoms with van der Waals surface area (Å²) < 4.78 is 0. The van der Waals surface area contributed by atoms with Crippen molar-refractivity contribution in [3.8, 4) is 0 Å². The molecule has 2 heterocycles. The van der Waals surface area contributed by atoms with Crippen LogP contribution in [0.25, 0.3) is 0 Å². The fourth-order valence-electron chi connectivity index (χ4n) is 3.40. The van der Waals surface area contributed by atoms with Crippen LogP contribution in [0.1, 0.15) is 17.9 Å². The molecule has 3 heteroatoms. The van der Waals surface area contributed by atoms with Gasteiger partial charge in [-0.25, -0.2) is 0 Å². The first kappa shape index (κ1) is 13.8. The van der Waals surface area contributed by atoms with Gasteiger partial charge in [-0.15, -0.1) is 0 Å². The molecule has 0 N–H and O–H groups in total. The third-order valence-electron chi connectivity index (χ3n) is 4.65. The molecule has 2 aliphatic heterocycles. The molecule has 2 aliphatic rings. The Morgan fingerprint density at radius 2 is 1.68 bits per heavy atom. The quantitative estimate of drug-likeness (QED) is 0.794. The fraction of sp³-hybridized carbons (Fsp3) is 0.263. The van der Waals surface area contributed by atoms with Gasteiger partial charge in [0.2, 0.25) is 0 Å². The predicted octanol–water partition coefficient (Wildman–Crippen LogP) is 4.69. The van der Waals surface area contributed by atoms with Crippen LogP contribution in [0.5, 0.6) is 0 Å². The lowest BCUT2D eigenvalue weighted by molar-refractivity contribution is 0.682. The fourth-order valence-corrected chi connectivity index (χ4v) is 4.76. The number of para-hydroxylation sites is 2. The SMILES string of the molecule is CN1C=CC(C[C@H]2Sc3ccccc3N2C)c2ccccc21. The van der Waals surface area contributed by atoms with Crippen LogP contribution in [0.3, 0.4) is 0 Å². The minimum Gasteiger partial charge on any atom is -0.361 e. The Bertz CT molecular complexity index is 725. The molecular weight excluding hydrogens is 288 g/mol. The maximum Gasteiger partial charge on any atom is 0.0803 e. The van der Waals surface area contributed by atoms with Crippen molar-refractivity contribution >= 4 is 23.1 Å². The van der Waals surface area contributed by atoms with E-state index in [-0.39, 0.29) is 0 Å². The highest BCUT2D eigenvalue weighted by atomic mass is 32.2. The Kier molecular flexibility index (Phi) is 3.38. The average molecular weight is 308 g/mol. The Hall–Kier alpha value is -1.87. The van der Waals surface area contributed by atoms with Crippen molar-refractivity contribution in [2.75, 3.05) is 23.9 Å². The second kappa shape index (κ2) is 5.40. The van der Waals surface area contributed by atoms with E-state index in [4.69, 9.17) is 0 Å². The molecule has 0 spiro atoms. The molecule has 4 rings (SSSR count). The van der Waals surface area contributed by atoms with Crippen LogP contribution >= 0.6 is 11.8 Å². The summed E-state index contributed by atoms with van der Waals surface area (Å²) in [4.78, 5) is 6.04. The van der Waals surface area contributed by atoms with E-state index < -0.39 is 0 Å². The second-order valence-corrected chi connectivity index (χ2v) is 7.22. The predicted molar refractivity (Wildman–Crippen MR) is 95.8 cm³/mol. The minimum atomic E-state index is 0.488. The normalized spacial score (nSPS) is 22.6. The molecule has 2 aromatic rings. The molecule has 0 fully saturated rings. The maximum absolute atomic E-state index is 2.43. The van der Waals surface area contributed by atoms with E-state index in [0.29, 0.717) is 11.3 Å². The summed E-state index contributed by atoms with van der Waals surface area (Å²) >= 11 is 1.99. The maximum atomic E-state index is 2.43. The standard InChI is InChI=1S/C19H20N2S/c1-20-12-11-14(15-7-3-4-8-16(15)20)13-19-21(2)17-9-5-6-10-18(17)22-19/h3-12,14,19H,13H2,1-2H3/t14?,19-/m1/s1. The van der Waals surface area contributed by atoms with Crippen LogP contribution in [-0.2, 0) is 0 Å². The Labute approximate surface area is 136 Å². The lowest BCUT2D eigenvalue weighted by Crippen LogP contribution is -2.27. The Morgan fingerprint density at radius 3 is 2.50 bits per heavy atom. The minimum absolute atomic E-state index is 0.488. The van der Waals surface area contributed by atoms with Crippen LogP contribution in [0, 0.1) is 0 Å². The summed E-state index contributed by atoms with van der Waals surface area (Å²) in [5.74, 6) is 0.488. The third-order valence-corrected chi connectivity index (χ3v) is 6.03. The van der Waals surface area contributed by atoms with Gasteiger partial charge in [-0.2, -0.15) is 0 Å². The van der Waals surface area contributed by atoms with Crippen molar-refractivity contribution in [3.05, 3.63) is 66.4 Å². The van der Waals surface area contributed by atoms with Gasteiger partial charge < -0.3 is 9.80 Å². The lowest BCUT2D eigenvalue weighted by atomic mass is 9.91. The first-order chi connectivity index (χ1) is 10.7. The van der Waals surface area contributed by atoms with Crippen LogP contribution < -0.4 is 9.80 Å². The van der Waals surface area contributed by atoms with Gasteiger partial charge in [0.25, 0.3) is 0 Å². The van der Waals surface area contributed by atoms with Gasteiger partial charge in [0.1, 0.15) is 0 Å². The number of hydrogen-bond acceptors (Lipinski definition) is 3. The first-order valence-corrected chi connectivity index (χ1v) is 8.60. The van der Waals surface area contributed by atoms with Gasteiger partial charge in [0, 0.05) is 36.8 Å². The van der Waals surface area contributed by atoms with Crippen molar-refractivity contribution in [1.29, 1.82) is 0 Å². The molecule has 0 radical (unpaired) electrons. The molecule has 0 saturated heterocycles. The molecule has 0 aromatic heterocycles. The van der Waals surface area contributed by atoms with Gasteiger partial charge in [-0.05, 0) is 30.2 Å². The number of thioether (sulfide) groups is 1. The van der Waals surface area contributed by atoms with E-state index in [1.165, 1.54) is 21.8 Å². The van der Waals surface area contributed by atoms with Gasteiger partial charge in [0.05, 0.1) is 11.1 Å². The highest BCUT2D eigenvalue weighted by Gasteiger charge is 2.30. The number of fused-ring (bicyclic) bond motifs is 2. The van der Waals surface area contributed by atoms with Crippen molar-refractivity contribution in [1.82, 2.24) is 0 Å². The second-order valence-electron chi connectivity index (χ2n) is 6.00. The molecule has 0 bridgehead atoms. The topological polar surface area (TPSA) is 6.48 Å². The molecule has 0 aliphatic carbocycles. The summed E-state index contributed by atoms with van der Waals surface area (Å²) in [6, 6.07) is 17.5. The monoisotopic (exact) mass is 308 g/mol. The van der Waals surface area contributed by atoms with E-state index in [1.54, 1.807) is 0 Å². The van der Waals surface area contributed by atoms with Gasteiger partial charge >= 0.3 is 0 Å². The number of benzene rings is 2. The van der Waals surface area contributed by atoms with Gasteiger partial charge in [-0.1, -0.05) is 48.2 Å². The number of hydrogen-bond donors (Lipinski definition) is 0. The molecular formula is C19H20N2S. The molecule has 1 unspecified atom stereocenters. The summed E-state index contributed by atoms with van der Waals surface area (Å²) in [7, 11) is 4.34. The highest BCUT2D eigenvalue weighted by Crippen LogP contribution is 2.46. The smallest absolute Gasteiger partial charge is 0.0803 e. The van der Waals surface area contributed by atoms with Gasteiger partial charge in [-0.3, -0.25) is 0 Å². The summed E-state index contributed by atoms with van der Waals surface area (Å²) in [6.45, 7) is 0. The van der Waals surface area contributed by atoms with E-state index >= 15 is 0 Å². The molecule has 2 atom stereocenters. The van der Waals surface area contributed by atoms with Crippen LogP contribution in [-0.4, -0.2) is 19.5 Å². The molecule has 2 aromatic carbocycles. The Morgan fingerprint density at radius 1 is 0.955 bits per heavy atom. The van der Waals surface area contributed by atoms with Crippen LogP contribution in [0.2, 0.25) is 0 Å². The molecule has 0 saturated carbocycles. The molecule has 112 valence electrons. The van der Waals surface area contributed by atoms with Crippen molar-refractivity contribution in [2.24, 2.45) is 0 Å². The molecule has 22 heavy (non-hydrogen) atoms. The summed E-state index contributed by atoms with van der Waals surface area (Å²) in [5.41, 5.74) is 4.14. The van der Waals surface area contributed by atoms with E-state index in [2.05, 4.69) is 84.7 Å².